The van der Waals surface area contributed by atoms with E-state index < -0.39 is 0 Å². The molecule has 0 saturated heterocycles. The van der Waals surface area contributed by atoms with Crippen LogP contribution in [0.25, 0.3) is 0 Å². The molecular weight excluding hydrogens is 168 g/mol. The van der Waals surface area contributed by atoms with Crippen molar-refractivity contribution in [2.75, 3.05) is 0 Å². The van der Waals surface area contributed by atoms with Gasteiger partial charge in [0.15, 0.2) is 0 Å². The lowest BCUT2D eigenvalue weighted by Crippen LogP contribution is -2.21. The second-order valence-electron chi connectivity index (χ2n) is 4.13. The van der Waals surface area contributed by atoms with Crippen LogP contribution < -0.4 is 0 Å². The molecule has 1 nitrogen and oxygen atoms in total. The molecule has 2 aliphatic rings. The van der Waals surface area contributed by atoms with Crippen molar-refractivity contribution in [1.29, 1.82) is 0 Å². The van der Waals surface area contributed by atoms with Gasteiger partial charge in [-0.1, -0.05) is 38.5 Å². The Morgan fingerprint density at radius 2 is 1.27 bits per heavy atom. The molecule has 0 atom stereocenters. The maximum atomic E-state index is 5.92. The molecule has 0 radical (unpaired) electrons. The molecule has 2 saturated carbocycles. The zero-order valence-corrected chi connectivity index (χ0v) is 10.0. The minimum Gasteiger partial charge on any atom is -0.465 e. The van der Waals surface area contributed by atoms with Crippen molar-refractivity contribution in [3.8, 4) is 0 Å². The van der Waals surface area contributed by atoms with Crippen LogP contribution in [0.3, 0.4) is 0 Å². The fourth-order valence-electron chi connectivity index (χ4n) is 1.72. The van der Waals surface area contributed by atoms with Crippen molar-refractivity contribution in [1.82, 2.24) is 0 Å². The molecule has 0 spiro atoms. The first-order chi connectivity index (χ1) is 5.45. The highest BCUT2D eigenvalue weighted by molar-refractivity contribution is 6.45. The van der Waals surface area contributed by atoms with Gasteiger partial charge in [-0.25, -0.2) is 0 Å². The standard InChI is InChI=1S/C8H18OSi2/c1-3-7(4-1)10-9-11-8-5-2-6-8/h7-8H,1-6,10-11H2. The molecule has 0 aromatic carbocycles. The first kappa shape index (κ1) is 8.01. The number of rotatable bonds is 4. The predicted molar refractivity (Wildman–Crippen MR) is 53.4 cm³/mol. The minimum atomic E-state index is -0.0340. The van der Waals surface area contributed by atoms with Crippen LogP contribution in [0.5, 0.6) is 0 Å². The van der Waals surface area contributed by atoms with Gasteiger partial charge in [-0.2, -0.15) is 0 Å². The average molecular weight is 186 g/mol. The number of hydrogen-bond acceptors (Lipinski definition) is 1. The zero-order valence-electron chi connectivity index (χ0n) is 7.22. The molecule has 0 unspecified atom stereocenters. The van der Waals surface area contributed by atoms with Crippen LogP contribution >= 0.6 is 0 Å². The van der Waals surface area contributed by atoms with Gasteiger partial charge in [-0.15, -0.1) is 0 Å². The molecule has 0 N–H and O–H groups in total. The van der Waals surface area contributed by atoms with Crippen molar-refractivity contribution in [2.24, 2.45) is 0 Å². The van der Waals surface area contributed by atoms with Crippen LogP contribution in [0.1, 0.15) is 38.5 Å². The molecule has 2 rings (SSSR count). The second-order valence-corrected chi connectivity index (χ2v) is 8.74. The molecule has 3 heteroatoms. The van der Waals surface area contributed by atoms with Crippen molar-refractivity contribution in [2.45, 2.75) is 49.6 Å². The molecule has 0 aromatic heterocycles. The summed E-state index contributed by atoms with van der Waals surface area (Å²) < 4.78 is 5.92. The Morgan fingerprint density at radius 1 is 0.818 bits per heavy atom. The van der Waals surface area contributed by atoms with E-state index in [9.17, 15) is 0 Å². The van der Waals surface area contributed by atoms with Gasteiger partial charge in [0, 0.05) is 0 Å². The van der Waals surface area contributed by atoms with E-state index in [-0.39, 0.29) is 19.5 Å². The van der Waals surface area contributed by atoms with E-state index in [1.54, 1.807) is 0 Å². The van der Waals surface area contributed by atoms with Crippen LogP contribution in [0, 0.1) is 0 Å². The molecule has 0 amide bonds. The maximum absolute atomic E-state index is 5.92. The third kappa shape index (κ3) is 2.16. The fourth-order valence-corrected chi connectivity index (χ4v) is 6.75. The van der Waals surface area contributed by atoms with Crippen LogP contribution in [0.15, 0.2) is 0 Å². The lowest BCUT2D eigenvalue weighted by molar-refractivity contribution is 0.435. The molecular formula is C8H18OSi2. The fraction of sp³-hybridized carbons (Fsp3) is 1.00. The monoisotopic (exact) mass is 186 g/mol. The summed E-state index contributed by atoms with van der Waals surface area (Å²) in [6, 6.07) is 0. The molecule has 0 aromatic rings. The summed E-state index contributed by atoms with van der Waals surface area (Å²) in [5.74, 6) is 0. The lowest BCUT2D eigenvalue weighted by Gasteiger charge is -2.28. The van der Waals surface area contributed by atoms with E-state index >= 15 is 0 Å². The molecule has 0 heterocycles. The molecule has 2 aliphatic carbocycles. The Kier molecular flexibility index (Phi) is 2.82. The number of hydrogen-bond donors (Lipinski definition) is 0. The average Bonchev–Trinajstić information content (AvgIpc) is 1.79. The van der Waals surface area contributed by atoms with Gasteiger partial charge in [-0.05, 0) is 11.1 Å². The molecule has 11 heavy (non-hydrogen) atoms. The Labute approximate surface area is 73.8 Å². The SMILES string of the molecule is C1CC([SiH2]O[SiH2]C2CCC2)C1. The van der Waals surface area contributed by atoms with E-state index in [1.807, 2.05) is 0 Å². The van der Waals surface area contributed by atoms with Crippen molar-refractivity contribution in [3.63, 3.8) is 0 Å². The third-order valence-corrected chi connectivity index (χ3v) is 7.62. The highest BCUT2D eigenvalue weighted by Crippen LogP contribution is 2.33. The summed E-state index contributed by atoms with van der Waals surface area (Å²) in [6.07, 6.45) is 9.01. The van der Waals surface area contributed by atoms with Gasteiger partial charge in [0.25, 0.3) is 0 Å². The smallest absolute Gasteiger partial charge is 0.149 e. The van der Waals surface area contributed by atoms with E-state index in [4.69, 9.17) is 4.12 Å². The summed E-state index contributed by atoms with van der Waals surface area (Å²) in [5, 5.41) is 0. The Hall–Kier alpha value is 0.394. The maximum Gasteiger partial charge on any atom is 0.149 e. The second kappa shape index (κ2) is 3.87. The zero-order chi connectivity index (χ0) is 7.52. The molecule has 64 valence electrons. The topological polar surface area (TPSA) is 9.23 Å². The predicted octanol–water partition coefficient (Wildman–Crippen LogP) is 1.12. The van der Waals surface area contributed by atoms with Crippen LogP contribution in [-0.2, 0) is 4.12 Å². The minimum absolute atomic E-state index is 0.0340. The first-order valence-electron chi connectivity index (χ1n) is 5.03. The van der Waals surface area contributed by atoms with E-state index in [2.05, 4.69) is 0 Å². The molecule has 0 bridgehead atoms. The van der Waals surface area contributed by atoms with Gasteiger partial charge in [0.1, 0.15) is 19.5 Å². The molecule has 0 aliphatic heterocycles. The summed E-state index contributed by atoms with van der Waals surface area (Å²) in [7, 11) is -0.0681. The van der Waals surface area contributed by atoms with Gasteiger partial charge < -0.3 is 4.12 Å². The summed E-state index contributed by atoms with van der Waals surface area (Å²) in [5.41, 5.74) is 2.20. The first-order valence-corrected chi connectivity index (χ1v) is 7.81. The van der Waals surface area contributed by atoms with Gasteiger partial charge in [0.2, 0.25) is 0 Å². The third-order valence-electron chi connectivity index (χ3n) is 3.16. The van der Waals surface area contributed by atoms with Gasteiger partial charge >= 0.3 is 0 Å². The van der Waals surface area contributed by atoms with E-state index in [0.717, 1.165) is 11.1 Å². The summed E-state index contributed by atoms with van der Waals surface area (Å²) >= 11 is 0. The normalized spacial score (nSPS) is 28.4. The highest BCUT2D eigenvalue weighted by atomic mass is 28.3. The van der Waals surface area contributed by atoms with Crippen LogP contribution in [0.4, 0.5) is 0 Å². The quantitative estimate of drug-likeness (QED) is 0.598. The highest BCUT2D eigenvalue weighted by Gasteiger charge is 2.21. The Bertz CT molecular complexity index is 107. The van der Waals surface area contributed by atoms with Gasteiger partial charge in [-0.3, -0.25) is 0 Å². The summed E-state index contributed by atoms with van der Waals surface area (Å²) in [4.78, 5) is 0. The van der Waals surface area contributed by atoms with Crippen LogP contribution in [-0.4, -0.2) is 19.5 Å². The Balaban J connectivity index is 1.46. The van der Waals surface area contributed by atoms with Crippen molar-refractivity contribution >= 4 is 19.5 Å². The van der Waals surface area contributed by atoms with E-state index in [1.165, 1.54) is 38.5 Å². The largest absolute Gasteiger partial charge is 0.465 e. The van der Waals surface area contributed by atoms with E-state index in [0.29, 0.717) is 0 Å². The van der Waals surface area contributed by atoms with Crippen molar-refractivity contribution < 1.29 is 4.12 Å². The molecule has 2 fully saturated rings. The van der Waals surface area contributed by atoms with Crippen LogP contribution in [0.2, 0.25) is 11.1 Å². The summed E-state index contributed by atoms with van der Waals surface area (Å²) in [6.45, 7) is 0. The Morgan fingerprint density at radius 3 is 1.55 bits per heavy atom. The van der Waals surface area contributed by atoms with Crippen molar-refractivity contribution in [3.05, 3.63) is 0 Å². The lowest BCUT2D eigenvalue weighted by atomic mass is 10.00. The van der Waals surface area contributed by atoms with Gasteiger partial charge in [0.05, 0.1) is 0 Å².